The lowest BCUT2D eigenvalue weighted by atomic mass is 10.2. The molecule has 0 aliphatic heterocycles. The molecule has 1 aliphatic rings. The van der Waals surface area contributed by atoms with Gasteiger partial charge in [-0.3, -0.25) is 19.0 Å². The van der Waals surface area contributed by atoms with Crippen LogP contribution in [0.25, 0.3) is 10.2 Å². The van der Waals surface area contributed by atoms with Crippen molar-refractivity contribution in [2.45, 2.75) is 24.4 Å². The van der Waals surface area contributed by atoms with Gasteiger partial charge in [0.15, 0.2) is 5.16 Å². The number of nitrogens with one attached hydrogen (secondary N) is 1. The van der Waals surface area contributed by atoms with Crippen LogP contribution in [0.1, 0.15) is 16.9 Å². The Kier molecular flexibility index (Phi) is 5.14. The Bertz CT molecular complexity index is 903. The lowest BCUT2D eigenvalue weighted by Gasteiger charge is -2.16. The molecule has 134 valence electrons. The van der Waals surface area contributed by atoms with E-state index in [1.54, 1.807) is 25.4 Å². The molecule has 1 aliphatic carbocycles. The average molecular weight is 380 g/mol. The predicted molar refractivity (Wildman–Crippen MR) is 99.3 cm³/mol. The molecule has 9 heteroatoms. The smallest absolute Gasteiger partial charge is 0.262 e. The first-order valence-corrected chi connectivity index (χ1v) is 9.81. The van der Waals surface area contributed by atoms with Crippen molar-refractivity contribution in [1.82, 2.24) is 19.8 Å². The second kappa shape index (κ2) is 7.17. The van der Waals surface area contributed by atoms with E-state index in [9.17, 15) is 14.4 Å². The molecule has 0 aromatic carbocycles. The molecule has 2 aromatic heterocycles. The molecule has 1 N–H and O–H groups in total. The molecule has 2 heterocycles. The molecular formula is C16H20N4O3S2. The summed E-state index contributed by atoms with van der Waals surface area (Å²) in [6.07, 6.45) is 3.06. The van der Waals surface area contributed by atoms with Crippen molar-refractivity contribution in [3.8, 4) is 0 Å². The van der Waals surface area contributed by atoms with Gasteiger partial charge in [0, 0.05) is 26.0 Å². The van der Waals surface area contributed by atoms with Gasteiger partial charge in [-0.25, -0.2) is 4.98 Å². The van der Waals surface area contributed by atoms with Crippen molar-refractivity contribution in [3.63, 3.8) is 0 Å². The molecule has 0 fully saturated rings. The van der Waals surface area contributed by atoms with Crippen molar-refractivity contribution in [2.75, 3.05) is 26.4 Å². The second-order valence-electron chi connectivity index (χ2n) is 6.01. The van der Waals surface area contributed by atoms with Gasteiger partial charge in [-0.15, -0.1) is 11.3 Å². The third-order valence-corrected chi connectivity index (χ3v) is 6.52. The molecule has 2 amide bonds. The van der Waals surface area contributed by atoms with E-state index in [1.807, 2.05) is 0 Å². The summed E-state index contributed by atoms with van der Waals surface area (Å²) in [5.74, 6) is -0.276. The summed E-state index contributed by atoms with van der Waals surface area (Å²) in [6.45, 7) is 0.0128. The topological polar surface area (TPSA) is 84.3 Å². The number of rotatable bonds is 5. The molecule has 0 unspecified atom stereocenters. The fraction of sp³-hybridized carbons (Fsp3) is 0.500. The zero-order valence-electron chi connectivity index (χ0n) is 14.4. The summed E-state index contributed by atoms with van der Waals surface area (Å²) in [4.78, 5) is 44.2. The number of hydrogen-bond donors (Lipinski definition) is 1. The molecule has 2 aromatic rings. The Morgan fingerprint density at radius 3 is 2.88 bits per heavy atom. The molecule has 0 spiro atoms. The van der Waals surface area contributed by atoms with E-state index < -0.39 is 0 Å². The number of amides is 2. The number of thioether (sulfide) groups is 1. The zero-order chi connectivity index (χ0) is 18.1. The van der Waals surface area contributed by atoms with Gasteiger partial charge in [0.05, 0.1) is 17.7 Å². The van der Waals surface area contributed by atoms with Crippen LogP contribution in [0.15, 0.2) is 9.95 Å². The van der Waals surface area contributed by atoms with Gasteiger partial charge < -0.3 is 10.2 Å². The Morgan fingerprint density at radius 2 is 2.16 bits per heavy atom. The highest BCUT2D eigenvalue weighted by molar-refractivity contribution is 7.99. The molecule has 0 saturated heterocycles. The van der Waals surface area contributed by atoms with Crippen molar-refractivity contribution in [2.24, 2.45) is 7.05 Å². The van der Waals surface area contributed by atoms with E-state index in [-0.39, 0.29) is 29.7 Å². The standard InChI is InChI=1S/C16H20N4O3S2/c1-17-11(21)7-19(2)12(22)8-24-16-18-14-13(15(23)20(16)3)9-5-4-6-10(9)25-14/h4-8H2,1-3H3,(H,17,21). The number of likely N-dealkylation sites (N-methyl/N-ethyl adjacent to an activating group) is 2. The Morgan fingerprint density at radius 1 is 1.40 bits per heavy atom. The van der Waals surface area contributed by atoms with E-state index in [1.165, 1.54) is 33.2 Å². The Balaban J connectivity index is 1.78. The van der Waals surface area contributed by atoms with Crippen LogP contribution in [-0.4, -0.2) is 52.7 Å². The average Bonchev–Trinajstić information content (AvgIpc) is 3.16. The lowest BCUT2D eigenvalue weighted by Crippen LogP contribution is -2.37. The first-order chi connectivity index (χ1) is 11.9. The molecule has 7 nitrogen and oxygen atoms in total. The minimum absolute atomic E-state index is 0.0128. The number of aromatic nitrogens is 2. The van der Waals surface area contributed by atoms with Gasteiger partial charge in [0.1, 0.15) is 4.83 Å². The van der Waals surface area contributed by atoms with E-state index in [0.717, 1.165) is 35.0 Å². The second-order valence-corrected chi connectivity index (χ2v) is 8.03. The summed E-state index contributed by atoms with van der Waals surface area (Å²) < 4.78 is 1.52. The minimum atomic E-state index is -0.221. The van der Waals surface area contributed by atoms with Crippen molar-refractivity contribution in [1.29, 1.82) is 0 Å². The number of nitrogens with zero attached hydrogens (tertiary/aromatic N) is 3. The van der Waals surface area contributed by atoms with E-state index in [4.69, 9.17) is 0 Å². The molecule has 0 saturated carbocycles. The van der Waals surface area contributed by atoms with Gasteiger partial charge in [0.25, 0.3) is 5.56 Å². The normalized spacial score (nSPS) is 13.1. The quantitative estimate of drug-likeness (QED) is 0.612. The van der Waals surface area contributed by atoms with Crippen molar-refractivity contribution >= 4 is 45.1 Å². The predicted octanol–water partition coefficient (Wildman–Crippen LogP) is 0.780. The van der Waals surface area contributed by atoms with Crippen molar-refractivity contribution < 1.29 is 9.59 Å². The van der Waals surface area contributed by atoms with Crippen LogP contribution in [0.3, 0.4) is 0 Å². The van der Waals surface area contributed by atoms with Crippen molar-refractivity contribution in [3.05, 3.63) is 20.8 Å². The van der Waals surface area contributed by atoms with E-state index >= 15 is 0 Å². The number of fused-ring (bicyclic) bond motifs is 3. The van der Waals surface area contributed by atoms with E-state index in [2.05, 4.69) is 10.3 Å². The number of aryl methyl sites for hydroxylation is 2. The fourth-order valence-corrected chi connectivity index (χ4v) is 5.07. The minimum Gasteiger partial charge on any atom is -0.358 e. The van der Waals surface area contributed by atoms with E-state index in [0.29, 0.717) is 5.16 Å². The number of hydrogen-bond acceptors (Lipinski definition) is 6. The lowest BCUT2D eigenvalue weighted by molar-refractivity contribution is -0.132. The number of thiophene rings is 1. The first-order valence-electron chi connectivity index (χ1n) is 8.01. The van der Waals surface area contributed by atoms with Gasteiger partial charge in [0.2, 0.25) is 11.8 Å². The summed E-state index contributed by atoms with van der Waals surface area (Å²) in [6, 6.07) is 0. The number of carbonyl (C=O) groups excluding carboxylic acids is 2. The van der Waals surface area contributed by atoms with Crippen LogP contribution in [-0.2, 0) is 29.5 Å². The van der Waals surface area contributed by atoms with Crippen LogP contribution in [0.5, 0.6) is 0 Å². The maximum atomic E-state index is 12.7. The summed E-state index contributed by atoms with van der Waals surface area (Å²) in [7, 11) is 4.80. The molecule has 0 radical (unpaired) electrons. The third-order valence-electron chi connectivity index (χ3n) is 4.32. The highest BCUT2D eigenvalue weighted by atomic mass is 32.2. The maximum Gasteiger partial charge on any atom is 0.262 e. The Labute approximate surface area is 153 Å². The molecule has 3 rings (SSSR count). The molecular weight excluding hydrogens is 360 g/mol. The van der Waals surface area contributed by atoms with Crippen LogP contribution in [0, 0.1) is 0 Å². The monoisotopic (exact) mass is 380 g/mol. The zero-order valence-corrected chi connectivity index (χ0v) is 16.1. The van der Waals surface area contributed by atoms with Gasteiger partial charge in [-0.2, -0.15) is 0 Å². The maximum absolute atomic E-state index is 12.7. The fourth-order valence-electron chi connectivity index (χ4n) is 2.85. The number of carbonyl (C=O) groups is 2. The Hall–Kier alpha value is -1.87. The van der Waals surface area contributed by atoms with Gasteiger partial charge in [-0.1, -0.05) is 11.8 Å². The SMILES string of the molecule is CNC(=O)CN(C)C(=O)CSc1nc2sc3c(c2c(=O)n1C)CCC3. The van der Waals surface area contributed by atoms with Crippen LogP contribution >= 0.6 is 23.1 Å². The molecule has 25 heavy (non-hydrogen) atoms. The summed E-state index contributed by atoms with van der Waals surface area (Å²) in [5.41, 5.74) is 1.11. The highest BCUT2D eigenvalue weighted by Crippen LogP contribution is 2.35. The van der Waals surface area contributed by atoms with Crippen LogP contribution in [0.4, 0.5) is 0 Å². The highest BCUT2D eigenvalue weighted by Gasteiger charge is 2.23. The van der Waals surface area contributed by atoms with Crippen LogP contribution < -0.4 is 10.9 Å². The van der Waals surface area contributed by atoms with Gasteiger partial charge in [-0.05, 0) is 24.8 Å². The summed E-state index contributed by atoms with van der Waals surface area (Å²) in [5, 5.41) is 3.75. The molecule has 0 bridgehead atoms. The van der Waals surface area contributed by atoms with Gasteiger partial charge >= 0.3 is 0 Å². The third kappa shape index (κ3) is 3.43. The van der Waals surface area contributed by atoms with Crippen LogP contribution in [0.2, 0.25) is 0 Å². The summed E-state index contributed by atoms with van der Waals surface area (Å²) >= 11 is 2.81. The first kappa shape index (κ1) is 17.9. The largest absolute Gasteiger partial charge is 0.358 e. The molecule has 0 atom stereocenters.